The first-order valence-corrected chi connectivity index (χ1v) is 10.3. The SMILES string of the molecule is C[C@@H](C(=O)Nc1cccc2c(=O)n([C@H]3CCNC3)ccc12)c1ccc(Cl)c(Cl)c1. The number of rotatable bonds is 4. The summed E-state index contributed by atoms with van der Waals surface area (Å²) in [6, 6.07) is 12.6. The third-order valence-corrected chi connectivity index (χ3v) is 6.23. The third-order valence-electron chi connectivity index (χ3n) is 5.50. The van der Waals surface area contributed by atoms with E-state index in [0.717, 1.165) is 30.5 Å². The molecule has 5 nitrogen and oxygen atoms in total. The molecule has 1 aromatic heterocycles. The summed E-state index contributed by atoms with van der Waals surface area (Å²) < 4.78 is 1.78. The van der Waals surface area contributed by atoms with Gasteiger partial charge in [-0.25, -0.2) is 0 Å². The summed E-state index contributed by atoms with van der Waals surface area (Å²) in [7, 11) is 0. The van der Waals surface area contributed by atoms with Crippen molar-refractivity contribution in [2.45, 2.75) is 25.3 Å². The van der Waals surface area contributed by atoms with Gasteiger partial charge >= 0.3 is 0 Å². The van der Waals surface area contributed by atoms with Crippen LogP contribution in [0.15, 0.2) is 53.5 Å². The topological polar surface area (TPSA) is 63.1 Å². The smallest absolute Gasteiger partial charge is 0.258 e. The molecule has 2 atom stereocenters. The molecule has 1 fully saturated rings. The molecule has 7 heteroatoms. The quantitative estimate of drug-likeness (QED) is 0.637. The molecule has 0 unspecified atom stereocenters. The van der Waals surface area contributed by atoms with E-state index in [2.05, 4.69) is 10.6 Å². The fourth-order valence-electron chi connectivity index (χ4n) is 3.74. The Morgan fingerprint density at radius 2 is 2.00 bits per heavy atom. The maximum Gasteiger partial charge on any atom is 0.258 e. The van der Waals surface area contributed by atoms with Gasteiger partial charge in [0.15, 0.2) is 0 Å². The maximum absolute atomic E-state index is 13.0. The Balaban J connectivity index is 1.63. The highest BCUT2D eigenvalue weighted by Gasteiger charge is 2.20. The van der Waals surface area contributed by atoms with Gasteiger partial charge in [0.05, 0.1) is 22.0 Å². The first-order valence-electron chi connectivity index (χ1n) is 9.56. The fourth-order valence-corrected chi connectivity index (χ4v) is 4.05. The van der Waals surface area contributed by atoms with Crippen LogP contribution in [0, 0.1) is 0 Å². The maximum atomic E-state index is 13.0. The van der Waals surface area contributed by atoms with Crippen molar-refractivity contribution in [3.05, 3.63) is 74.6 Å². The number of hydrogen-bond donors (Lipinski definition) is 2. The third kappa shape index (κ3) is 3.90. The minimum absolute atomic E-state index is 0.0372. The van der Waals surface area contributed by atoms with Crippen LogP contribution in [0.1, 0.15) is 30.9 Å². The van der Waals surface area contributed by atoms with E-state index in [9.17, 15) is 9.59 Å². The van der Waals surface area contributed by atoms with Gasteiger partial charge in [0.2, 0.25) is 5.91 Å². The summed E-state index contributed by atoms with van der Waals surface area (Å²) in [5, 5.41) is 8.43. The van der Waals surface area contributed by atoms with Crippen LogP contribution in [0.4, 0.5) is 5.69 Å². The van der Waals surface area contributed by atoms with Crippen molar-refractivity contribution < 1.29 is 4.79 Å². The molecule has 4 rings (SSSR count). The van der Waals surface area contributed by atoms with E-state index in [-0.39, 0.29) is 17.5 Å². The first kappa shape index (κ1) is 20.0. The number of hydrogen-bond acceptors (Lipinski definition) is 3. The number of halogens is 2. The zero-order valence-corrected chi connectivity index (χ0v) is 17.4. The lowest BCUT2D eigenvalue weighted by molar-refractivity contribution is -0.117. The molecule has 0 spiro atoms. The van der Waals surface area contributed by atoms with Crippen LogP contribution in [-0.2, 0) is 4.79 Å². The second-order valence-electron chi connectivity index (χ2n) is 7.33. The number of fused-ring (bicyclic) bond motifs is 1. The molecular weight excluding hydrogens is 409 g/mol. The van der Waals surface area contributed by atoms with Gasteiger partial charge < -0.3 is 15.2 Å². The van der Waals surface area contributed by atoms with Crippen LogP contribution in [-0.4, -0.2) is 23.6 Å². The van der Waals surface area contributed by atoms with E-state index >= 15 is 0 Å². The minimum atomic E-state index is -0.426. The standard InChI is InChI=1S/C22H21Cl2N3O2/c1-13(14-5-6-18(23)19(24)11-14)21(28)26-20-4-2-3-17-16(20)8-10-27(22(17)29)15-7-9-25-12-15/h2-6,8,10-11,13,15,25H,7,9,12H2,1H3,(H,26,28)/t13-,15+/m1/s1. The second kappa shape index (κ2) is 8.19. The molecule has 150 valence electrons. The molecule has 1 aliphatic rings. The average molecular weight is 430 g/mol. The highest BCUT2D eigenvalue weighted by molar-refractivity contribution is 6.42. The molecule has 1 saturated heterocycles. The van der Waals surface area contributed by atoms with Crippen molar-refractivity contribution in [2.24, 2.45) is 0 Å². The van der Waals surface area contributed by atoms with Gasteiger partial charge in [-0.1, -0.05) is 35.3 Å². The highest BCUT2D eigenvalue weighted by Crippen LogP contribution is 2.28. The number of anilines is 1. The first-order chi connectivity index (χ1) is 14.0. The number of pyridine rings is 1. The Bertz CT molecular complexity index is 1140. The van der Waals surface area contributed by atoms with Crippen molar-refractivity contribution >= 4 is 45.6 Å². The Kier molecular flexibility index (Phi) is 5.63. The zero-order chi connectivity index (χ0) is 20.5. The van der Waals surface area contributed by atoms with Gasteiger partial charge in [-0.3, -0.25) is 9.59 Å². The summed E-state index contributed by atoms with van der Waals surface area (Å²) in [5.41, 5.74) is 1.35. The predicted molar refractivity (Wildman–Crippen MR) is 118 cm³/mol. The minimum Gasteiger partial charge on any atom is -0.325 e. The van der Waals surface area contributed by atoms with Crippen LogP contribution in [0.3, 0.4) is 0 Å². The Morgan fingerprint density at radius 1 is 1.17 bits per heavy atom. The summed E-state index contributed by atoms with van der Waals surface area (Å²) in [6.07, 6.45) is 2.75. The lowest BCUT2D eigenvalue weighted by Crippen LogP contribution is -2.26. The van der Waals surface area contributed by atoms with Crippen LogP contribution in [0.2, 0.25) is 10.0 Å². The number of nitrogens with zero attached hydrogens (tertiary/aromatic N) is 1. The molecule has 3 aromatic rings. The zero-order valence-electron chi connectivity index (χ0n) is 15.9. The number of amides is 1. The van der Waals surface area contributed by atoms with Gasteiger partial charge in [-0.2, -0.15) is 0 Å². The van der Waals surface area contributed by atoms with Gasteiger partial charge in [0.25, 0.3) is 5.56 Å². The molecule has 1 amide bonds. The average Bonchev–Trinajstić information content (AvgIpc) is 3.25. The van der Waals surface area contributed by atoms with Crippen molar-refractivity contribution in [1.29, 1.82) is 0 Å². The highest BCUT2D eigenvalue weighted by atomic mass is 35.5. The van der Waals surface area contributed by atoms with Crippen molar-refractivity contribution in [3.8, 4) is 0 Å². The predicted octanol–water partition coefficient (Wildman–Crippen LogP) is 4.58. The van der Waals surface area contributed by atoms with Crippen LogP contribution in [0.25, 0.3) is 10.8 Å². The number of benzene rings is 2. The molecule has 29 heavy (non-hydrogen) atoms. The van der Waals surface area contributed by atoms with Gasteiger partial charge in [0.1, 0.15) is 0 Å². The number of carbonyl (C=O) groups excluding carboxylic acids is 1. The molecule has 0 aliphatic carbocycles. The Labute approximate surface area is 178 Å². The van der Waals surface area contributed by atoms with Crippen LogP contribution >= 0.6 is 23.2 Å². The summed E-state index contributed by atoms with van der Waals surface area (Å²) in [5.74, 6) is -0.606. The van der Waals surface area contributed by atoms with Crippen LogP contribution in [0.5, 0.6) is 0 Å². The van der Waals surface area contributed by atoms with E-state index in [1.165, 1.54) is 0 Å². The molecule has 1 aliphatic heterocycles. The molecular formula is C22H21Cl2N3O2. The number of carbonyl (C=O) groups is 1. The van der Waals surface area contributed by atoms with E-state index in [1.807, 2.05) is 18.3 Å². The Hall–Kier alpha value is -2.34. The van der Waals surface area contributed by atoms with Gasteiger partial charge in [-0.05, 0) is 55.8 Å². The fraction of sp³-hybridized carbons (Fsp3) is 0.273. The van der Waals surface area contributed by atoms with E-state index in [0.29, 0.717) is 21.1 Å². The lowest BCUT2D eigenvalue weighted by Gasteiger charge is -2.17. The summed E-state index contributed by atoms with van der Waals surface area (Å²) >= 11 is 12.0. The molecule has 2 heterocycles. The summed E-state index contributed by atoms with van der Waals surface area (Å²) in [6.45, 7) is 3.51. The Morgan fingerprint density at radius 3 is 2.72 bits per heavy atom. The van der Waals surface area contributed by atoms with E-state index in [1.54, 1.807) is 41.8 Å². The lowest BCUT2D eigenvalue weighted by atomic mass is 10.00. The van der Waals surface area contributed by atoms with E-state index < -0.39 is 5.92 Å². The normalized spacial score (nSPS) is 17.4. The van der Waals surface area contributed by atoms with Crippen molar-refractivity contribution in [1.82, 2.24) is 9.88 Å². The monoisotopic (exact) mass is 429 g/mol. The number of nitrogens with one attached hydrogen (secondary N) is 2. The van der Waals surface area contributed by atoms with Crippen molar-refractivity contribution in [2.75, 3.05) is 18.4 Å². The van der Waals surface area contributed by atoms with Crippen molar-refractivity contribution in [3.63, 3.8) is 0 Å². The summed E-state index contributed by atoms with van der Waals surface area (Å²) in [4.78, 5) is 25.8. The molecule has 0 bridgehead atoms. The molecule has 2 aromatic carbocycles. The largest absolute Gasteiger partial charge is 0.325 e. The number of aromatic nitrogens is 1. The molecule has 2 N–H and O–H groups in total. The molecule has 0 saturated carbocycles. The van der Waals surface area contributed by atoms with Crippen LogP contribution < -0.4 is 16.2 Å². The second-order valence-corrected chi connectivity index (χ2v) is 8.14. The molecule has 0 radical (unpaired) electrons. The van der Waals surface area contributed by atoms with E-state index in [4.69, 9.17) is 23.2 Å². The van der Waals surface area contributed by atoms with Gasteiger partial charge in [-0.15, -0.1) is 0 Å². The van der Waals surface area contributed by atoms with Gasteiger partial charge in [0, 0.05) is 29.2 Å².